The lowest BCUT2D eigenvalue weighted by Crippen LogP contribution is -2.09. The number of benzene rings is 2. The van der Waals surface area contributed by atoms with Crippen LogP contribution < -0.4 is 15.8 Å². The van der Waals surface area contributed by atoms with E-state index in [1.165, 1.54) is 6.92 Å². The number of rotatable bonds is 4. The average molecular weight is 270 g/mol. The molecule has 0 aliphatic heterocycles. The van der Waals surface area contributed by atoms with Crippen molar-refractivity contribution in [2.45, 2.75) is 20.5 Å². The molecule has 4 heteroatoms. The van der Waals surface area contributed by atoms with Crippen LogP contribution in [0.3, 0.4) is 0 Å². The number of nitrogen functional groups attached to an aromatic ring is 1. The Morgan fingerprint density at radius 1 is 1.25 bits per heavy atom. The normalized spacial score (nSPS) is 10.1. The summed E-state index contributed by atoms with van der Waals surface area (Å²) < 4.78 is 5.84. The lowest BCUT2D eigenvalue weighted by Gasteiger charge is -2.15. The van der Waals surface area contributed by atoms with E-state index < -0.39 is 0 Å². The summed E-state index contributed by atoms with van der Waals surface area (Å²) in [5, 5.41) is 2.75. The van der Waals surface area contributed by atoms with Gasteiger partial charge in [-0.3, -0.25) is 4.79 Å². The Labute approximate surface area is 118 Å². The molecule has 0 atom stereocenters. The van der Waals surface area contributed by atoms with Gasteiger partial charge in [0.15, 0.2) is 0 Å². The summed E-state index contributed by atoms with van der Waals surface area (Å²) in [4.78, 5) is 11.3. The van der Waals surface area contributed by atoms with Crippen LogP contribution in [-0.4, -0.2) is 5.91 Å². The number of nitrogens with one attached hydrogen (secondary N) is 1. The van der Waals surface area contributed by atoms with Gasteiger partial charge in [0.1, 0.15) is 12.4 Å². The highest BCUT2D eigenvalue weighted by Crippen LogP contribution is 2.32. The molecule has 0 aromatic heterocycles. The van der Waals surface area contributed by atoms with Gasteiger partial charge < -0.3 is 15.8 Å². The Hall–Kier alpha value is -2.49. The molecule has 0 saturated heterocycles. The van der Waals surface area contributed by atoms with Crippen molar-refractivity contribution in [3.8, 4) is 5.75 Å². The molecule has 0 bridgehead atoms. The molecule has 4 nitrogen and oxygen atoms in total. The molecule has 0 fully saturated rings. The van der Waals surface area contributed by atoms with Gasteiger partial charge in [-0.15, -0.1) is 0 Å². The number of carbonyl (C=O) groups excluding carboxylic acids is 1. The molecule has 104 valence electrons. The SMILES string of the molecule is CC(=O)Nc1cc(N)cc(C)c1OCc1ccccc1. The van der Waals surface area contributed by atoms with Crippen LogP contribution in [-0.2, 0) is 11.4 Å². The number of anilines is 2. The second kappa shape index (κ2) is 6.10. The summed E-state index contributed by atoms with van der Waals surface area (Å²) in [7, 11) is 0. The van der Waals surface area contributed by atoms with Gasteiger partial charge in [0.2, 0.25) is 5.91 Å². The highest BCUT2D eigenvalue weighted by molar-refractivity contribution is 5.91. The van der Waals surface area contributed by atoms with Crippen molar-refractivity contribution < 1.29 is 9.53 Å². The summed E-state index contributed by atoms with van der Waals surface area (Å²) >= 11 is 0. The number of hydrogen-bond donors (Lipinski definition) is 2. The fraction of sp³-hybridized carbons (Fsp3) is 0.188. The van der Waals surface area contributed by atoms with Crippen molar-refractivity contribution in [2.24, 2.45) is 0 Å². The minimum Gasteiger partial charge on any atom is -0.486 e. The first kappa shape index (κ1) is 13.9. The van der Waals surface area contributed by atoms with E-state index in [0.29, 0.717) is 23.7 Å². The highest BCUT2D eigenvalue weighted by Gasteiger charge is 2.10. The van der Waals surface area contributed by atoms with Crippen molar-refractivity contribution in [1.29, 1.82) is 0 Å². The molecule has 0 saturated carbocycles. The standard InChI is InChI=1S/C16H18N2O2/c1-11-8-14(17)9-15(18-12(2)19)16(11)20-10-13-6-4-3-5-7-13/h3-9H,10,17H2,1-2H3,(H,18,19). The smallest absolute Gasteiger partial charge is 0.221 e. The maximum Gasteiger partial charge on any atom is 0.221 e. The Balaban J connectivity index is 2.23. The molecule has 0 aliphatic rings. The molecule has 0 heterocycles. The number of hydrogen-bond acceptors (Lipinski definition) is 3. The van der Waals surface area contributed by atoms with E-state index in [2.05, 4.69) is 5.32 Å². The quantitative estimate of drug-likeness (QED) is 0.839. The van der Waals surface area contributed by atoms with Crippen LogP contribution in [0.15, 0.2) is 42.5 Å². The summed E-state index contributed by atoms with van der Waals surface area (Å²) in [5.74, 6) is 0.498. The summed E-state index contributed by atoms with van der Waals surface area (Å²) in [5.41, 5.74) is 8.96. The van der Waals surface area contributed by atoms with Crippen molar-refractivity contribution in [2.75, 3.05) is 11.1 Å². The topological polar surface area (TPSA) is 64.4 Å². The van der Waals surface area contributed by atoms with Crippen LogP contribution in [0.1, 0.15) is 18.1 Å². The van der Waals surface area contributed by atoms with Crippen LogP contribution in [0.4, 0.5) is 11.4 Å². The first-order chi connectivity index (χ1) is 9.56. The molecule has 0 spiro atoms. The van der Waals surface area contributed by atoms with Gasteiger partial charge in [0.25, 0.3) is 0 Å². The summed E-state index contributed by atoms with van der Waals surface area (Å²) in [6, 6.07) is 13.4. The van der Waals surface area contributed by atoms with E-state index in [0.717, 1.165) is 11.1 Å². The van der Waals surface area contributed by atoms with Gasteiger partial charge in [-0.2, -0.15) is 0 Å². The van der Waals surface area contributed by atoms with Gasteiger partial charge >= 0.3 is 0 Å². The summed E-state index contributed by atoms with van der Waals surface area (Å²) in [6.45, 7) is 3.81. The number of carbonyl (C=O) groups is 1. The van der Waals surface area contributed by atoms with Crippen LogP contribution >= 0.6 is 0 Å². The van der Waals surface area contributed by atoms with Gasteiger partial charge in [0.05, 0.1) is 5.69 Å². The Kier molecular flexibility index (Phi) is 4.25. The Morgan fingerprint density at radius 2 is 1.95 bits per heavy atom. The Morgan fingerprint density at radius 3 is 2.60 bits per heavy atom. The zero-order valence-corrected chi connectivity index (χ0v) is 11.6. The minimum absolute atomic E-state index is 0.153. The fourth-order valence-electron chi connectivity index (χ4n) is 2.01. The molecule has 2 rings (SSSR count). The van der Waals surface area contributed by atoms with Crippen molar-refractivity contribution in [1.82, 2.24) is 0 Å². The molecule has 3 N–H and O–H groups in total. The molecule has 0 unspecified atom stereocenters. The van der Waals surface area contributed by atoms with Crippen LogP contribution in [0.5, 0.6) is 5.75 Å². The van der Waals surface area contributed by atoms with E-state index in [4.69, 9.17) is 10.5 Å². The van der Waals surface area contributed by atoms with E-state index in [1.807, 2.05) is 43.3 Å². The zero-order chi connectivity index (χ0) is 14.5. The molecular weight excluding hydrogens is 252 g/mol. The van der Waals surface area contributed by atoms with Crippen LogP contribution in [0.2, 0.25) is 0 Å². The number of nitrogens with two attached hydrogens (primary N) is 1. The van der Waals surface area contributed by atoms with E-state index in [1.54, 1.807) is 6.07 Å². The van der Waals surface area contributed by atoms with Crippen LogP contribution in [0, 0.1) is 6.92 Å². The third kappa shape index (κ3) is 3.51. The van der Waals surface area contributed by atoms with Gasteiger partial charge in [-0.05, 0) is 30.2 Å². The molecular formula is C16H18N2O2. The fourth-order valence-corrected chi connectivity index (χ4v) is 2.01. The lowest BCUT2D eigenvalue weighted by atomic mass is 10.1. The zero-order valence-electron chi connectivity index (χ0n) is 11.6. The predicted molar refractivity (Wildman–Crippen MR) is 80.7 cm³/mol. The van der Waals surface area contributed by atoms with Crippen LogP contribution in [0.25, 0.3) is 0 Å². The van der Waals surface area contributed by atoms with Gasteiger partial charge in [-0.25, -0.2) is 0 Å². The minimum atomic E-state index is -0.153. The Bertz CT molecular complexity index is 609. The maximum absolute atomic E-state index is 11.3. The molecule has 0 radical (unpaired) electrons. The second-order valence-corrected chi connectivity index (χ2v) is 4.67. The molecule has 20 heavy (non-hydrogen) atoms. The number of aryl methyl sites for hydroxylation is 1. The largest absolute Gasteiger partial charge is 0.486 e. The third-order valence-corrected chi connectivity index (χ3v) is 2.83. The molecule has 2 aromatic carbocycles. The first-order valence-corrected chi connectivity index (χ1v) is 6.40. The highest BCUT2D eigenvalue weighted by atomic mass is 16.5. The number of amides is 1. The monoisotopic (exact) mass is 270 g/mol. The van der Waals surface area contributed by atoms with Crippen molar-refractivity contribution in [3.63, 3.8) is 0 Å². The van der Waals surface area contributed by atoms with E-state index in [-0.39, 0.29) is 5.91 Å². The van der Waals surface area contributed by atoms with E-state index >= 15 is 0 Å². The average Bonchev–Trinajstić information content (AvgIpc) is 2.38. The molecule has 2 aromatic rings. The van der Waals surface area contributed by atoms with Gasteiger partial charge in [-0.1, -0.05) is 30.3 Å². The summed E-state index contributed by atoms with van der Waals surface area (Å²) in [6.07, 6.45) is 0. The second-order valence-electron chi connectivity index (χ2n) is 4.67. The number of ether oxygens (including phenoxy) is 1. The first-order valence-electron chi connectivity index (χ1n) is 6.40. The van der Waals surface area contributed by atoms with Gasteiger partial charge in [0, 0.05) is 12.6 Å². The lowest BCUT2D eigenvalue weighted by molar-refractivity contribution is -0.114. The third-order valence-electron chi connectivity index (χ3n) is 2.83. The molecule has 1 amide bonds. The maximum atomic E-state index is 11.3. The van der Waals surface area contributed by atoms with E-state index in [9.17, 15) is 4.79 Å². The van der Waals surface area contributed by atoms with Crippen molar-refractivity contribution >= 4 is 17.3 Å². The predicted octanol–water partition coefficient (Wildman–Crippen LogP) is 3.11. The molecule has 0 aliphatic carbocycles. The van der Waals surface area contributed by atoms with Crippen molar-refractivity contribution in [3.05, 3.63) is 53.6 Å².